The van der Waals surface area contributed by atoms with E-state index >= 15 is 0 Å². The van der Waals surface area contributed by atoms with Crippen LogP contribution >= 0.6 is 0 Å². The monoisotopic (exact) mass is 188 g/mol. The fourth-order valence-electron chi connectivity index (χ4n) is 0.809. The molecular weight excluding hydrogens is 180 g/mol. The predicted molar refractivity (Wildman–Crippen MR) is 41.3 cm³/mol. The van der Waals surface area contributed by atoms with Gasteiger partial charge in [0.25, 0.3) is 5.16 Å². The first-order chi connectivity index (χ1) is 5.39. The lowest BCUT2D eigenvalue weighted by atomic mass is 10.4. The molecule has 1 rings (SSSR count). The SMILES string of the molecule is Cc1cc(C)nc(S(=O)(=O)O)n1. The minimum absolute atomic E-state index is 0.509. The van der Waals surface area contributed by atoms with Crippen LogP contribution in [-0.4, -0.2) is 22.9 Å². The molecule has 6 heteroatoms. The standard InChI is InChI=1S/C6H8N2O3S/c1-4-3-5(2)8-6(7-4)12(9,10)11/h3H,1-2H3,(H,9,10,11). The Hall–Kier alpha value is -1.01. The van der Waals surface area contributed by atoms with E-state index in [4.69, 9.17) is 4.55 Å². The average Bonchev–Trinajstić information content (AvgIpc) is 1.82. The summed E-state index contributed by atoms with van der Waals surface area (Å²) >= 11 is 0. The number of aryl methyl sites for hydroxylation is 2. The Balaban J connectivity index is 3.37. The van der Waals surface area contributed by atoms with Gasteiger partial charge in [0.2, 0.25) is 0 Å². The van der Waals surface area contributed by atoms with Gasteiger partial charge in [-0.25, -0.2) is 9.97 Å². The zero-order valence-corrected chi connectivity index (χ0v) is 7.46. The minimum Gasteiger partial charge on any atom is -0.279 e. The van der Waals surface area contributed by atoms with Crippen molar-refractivity contribution < 1.29 is 13.0 Å². The maximum Gasteiger partial charge on any atom is 0.330 e. The molecule has 5 nitrogen and oxygen atoms in total. The number of hydrogen-bond acceptors (Lipinski definition) is 4. The molecule has 0 bridgehead atoms. The second-order valence-electron chi connectivity index (χ2n) is 2.41. The van der Waals surface area contributed by atoms with Crippen molar-refractivity contribution in [1.82, 2.24) is 9.97 Å². The van der Waals surface area contributed by atoms with E-state index in [0.29, 0.717) is 11.4 Å². The molecule has 0 atom stereocenters. The Morgan fingerprint density at radius 2 is 1.67 bits per heavy atom. The Bertz CT molecular complexity index is 379. The van der Waals surface area contributed by atoms with E-state index in [-0.39, 0.29) is 0 Å². The third kappa shape index (κ3) is 1.99. The van der Waals surface area contributed by atoms with Crippen LogP contribution in [-0.2, 0) is 10.1 Å². The van der Waals surface area contributed by atoms with Crippen LogP contribution in [0.5, 0.6) is 0 Å². The molecular formula is C6H8N2O3S. The minimum atomic E-state index is -4.27. The average molecular weight is 188 g/mol. The van der Waals surface area contributed by atoms with Crippen LogP contribution in [0.25, 0.3) is 0 Å². The first kappa shape index (κ1) is 9.08. The van der Waals surface area contributed by atoms with E-state index in [9.17, 15) is 8.42 Å². The van der Waals surface area contributed by atoms with E-state index in [2.05, 4.69) is 9.97 Å². The molecule has 1 heterocycles. The van der Waals surface area contributed by atoms with Crippen molar-refractivity contribution in [3.8, 4) is 0 Å². The van der Waals surface area contributed by atoms with E-state index in [1.165, 1.54) is 0 Å². The van der Waals surface area contributed by atoms with Gasteiger partial charge in [-0.2, -0.15) is 8.42 Å². The van der Waals surface area contributed by atoms with Crippen LogP contribution in [0, 0.1) is 13.8 Å². The van der Waals surface area contributed by atoms with Crippen molar-refractivity contribution >= 4 is 10.1 Å². The van der Waals surface area contributed by atoms with Gasteiger partial charge in [-0.1, -0.05) is 0 Å². The van der Waals surface area contributed by atoms with Gasteiger partial charge in [-0.3, -0.25) is 4.55 Å². The fraction of sp³-hybridized carbons (Fsp3) is 0.333. The number of rotatable bonds is 1. The summed E-state index contributed by atoms with van der Waals surface area (Å²) in [5, 5.41) is -0.542. The zero-order chi connectivity index (χ0) is 9.35. The summed E-state index contributed by atoms with van der Waals surface area (Å²) in [7, 11) is -4.27. The van der Waals surface area contributed by atoms with Crippen LogP contribution in [0.2, 0.25) is 0 Å². The molecule has 12 heavy (non-hydrogen) atoms. The summed E-state index contributed by atoms with van der Waals surface area (Å²) in [6.45, 7) is 3.26. The van der Waals surface area contributed by atoms with Gasteiger partial charge in [-0.15, -0.1) is 0 Å². The van der Waals surface area contributed by atoms with Crippen LogP contribution < -0.4 is 0 Å². The molecule has 0 saturated heterocycles. The van der Waals surface area contributed by atoms with Gasteiger partial charge >= 0.3 is 10.1 Å². The van der Waals surface area contributed by atoms with Gasteiger partial charge in [0, 0.05) is 11.4 Å². The van der Waals surface area contributed by atoms with Crippen molar-refractivity contribution in [2.45, 2.75) is 19.0 Å². The van der Waals surface area contributed by atoms with Crippen molar-refractivity contribution in [3.63, 3.8) is 0 Å². The van der Waals surface area contributed by atoms with Gasteiger partial charge in [0.1, 0.15) is 0 Å². The maximum atomic E-state index is 10.6. The lowest BCUT2D eigenvalue weighted by Gasteiger charge is -1.98. The molecule has 0 saturated carbocycles. The highest BCUT2D eigenvalue weighted by atomic mass is 32.2. The highest BCUT2D eigenvalue weighted by molar-refractivity contribution is 7.85. The Labute approximate surface area is 70.2 Å². The molecule has 0 aliphatic heterocycles. The highest BCUT2D eigenvalue weighted by Gasteiger charge is 2.13. The van der Waals surface area contributed by atoms with Gasteiger partial charge in [-0.05, 0) is 19.9 Å². The summed E-state index contributed by atoms with van der Waals surface area (Å²) in [5.41, 5.74) is 1.02. The molecule has 0 fully saturated rings. The lowest BCUT2D eigenvalue weighted by Crippen LogP contribution is -2.06. The smallest absolute Gasteiger partial charge is 0.279 e. The van der Waals surface area contributed by atoms with Crippen LogP contribution in [0.1, 0.15) is 11.4 Å². The van der Waals surface area contributed by atoms with Crippen LogP contribution in [0.3, 0.4) is 0 Å². The molecule has 0 aromatic carbocycles. The summed E-state index contributed by atoms with van der Waals surface area (Å²) in [6, 6.07) is 1.62. The predicted octanol–water partition coefficient (Wildman–Crippen LogP) is 0.340. The Morgan fingerprint density at radius 1 is 1.25 bits per heavy atom. The second-order valence-corrected chi connectivity index (χ2v) is 3.72. The van der Waals surface area contributed by atoms with Gasteiger partial charge < -0.3 is 0 Å². The molecule has 0 aliphatic rings. The molecule has 0 radical (unpaired) electrons. The van der Waals surface area contributed by atoms with E-state index in [1.807, 2.05) is 0 Å². The van der Waals surface area contributed by atoms with Gasteiger partial charge in [0.05, 0.1) is 0 Å². The molecule has 1 aromatic rings. The van der Waals surface area contributed by atoms with Crippen LogP contribution in [0.15, 0.2) is 11.2 Å². The third-order valence-electron chi connectivity index (χ3n) is 1.19. The normalized spacial score (nSPS) is 11.6. The highest BCUT2D eigenvalue weighted by Crippen LogP contribution is 2.04. The van der Waals surface area contributed by atoms with E-state index in [0.717, 1.165) is 0 Å². The molecule has 1 N–H and O–H groups in total. The quantitative estimate of drug-likeness (QED) is 0.507. The molecule has 0 unspecified atom stereocenters. The summed E-state index contributed by atoms with van der Waals surface area (Å²) in [6.07, 6.45) is 0. The molecule has 0 spiro atoms. The molecule has 0 amide bonds. The Kier molecular flexibility index (Phi) is 2.12. The second kappa shape index (κ2) is 2.80. The van der Waals surface area contributed by atoms with E-state index in [1.54, 1.807) is 19.9 Å². The van der Waals surface area contributed by atoms with Crippen molar-refractivity contribution in [3.05, 3.63) is 17.5 Å². The topological polar surface area (TPSA) is 80.2 Å². The largest absolute Gasteiger partial charge is 0.330 e. The first-order valence-corrected chi connectivity index (χ1v) is 4.63. The number of aromatic nitrogens is 2. The summed E-state index contributed by atoms with van der Waals surface area (Å²) < 4.78 is 29.7. The molecule has 0 aliphatic carbocycles. The summed E-state index contributed by atoms with van der Waals surface area (Å²) in [5.74, 6) is 0. The van der Waals surface area contributed by atoms with Crippen LogP contribution in [0.4, 0.5) is 0 Å². The third-order valence-corrected chi connectivity index (χ3v) is 1.84. The molecule has 1 aromatic heterocycles. The maximum absolute atomic E-state index is 10.6. The van der Waals surface area contributed by atoms with E-state index < -0.39 is 15.3 Å². The molecule has 66 valence electrons. The first-order valence-electron chi connectivity index (χ1n) is 3.19. The summed E-state index contributed by atoms with van der Waals surface area (Å²) in [4.78, 5) is 7.11. The fourth-order valence-corrected chi connectivity index (χ4v) is 1.33. The van der Waals surface area contributed by atoms with Crippen molar-refractivity contribution in [1.29, 1.82) is 0 Å². The lowest BCUT2D eigenvalue weighted by molar-refractivity contribution is 0.473. The van der Waals surface area contributed by atoms with Crippen molar-refractivity contribution in [2.75, 3.05) is 0 Å². The van der Waals surface area contributed by atoms with Gasteiger partial charge in [0.15, 0.2) is 0 Å². The Morgan fingerprint density at radius 3 is 2.00 bits per heavy atom. The zero-order valence-electron chi connectivity index (χ0n) is 6.64. The van der Waals surface area contributed by atoms with Crippen molar-refractivity contribution in [2.24, 2.45) is 0 Å². The number of nitrogens with zero attached hydrogens (tertiary/aromatic N) is 2. The number of hydrogen-bond donors (Lipinski definition) is 1.